The fraction of sp³-hybridized carbons (Fsp3) is 0.500. The summed E-state index contributed by atoms with van der Waals surface area (Å²) >= 11 is 5.79. The molecule has 1 atom stereocenters. The third kappa shape index (κ3) is 3.56. The Hall–Kier alpha value is -1.11. The predicted molar refractivity (Wildman–Crippen MR) is 79.6 cm³/mol. The SMILES string of the molecule is CCOC(=O)C1CCCCN1S(=O)(=O)c1ccc(Cl)cc1. The molecular weight excluding hydrogens is 314 g/mol. The van der Waals surface area contributed by atoms with Crippen molar-refractivity contribution in [3.05, 3.63) is 29.3 Å². The van der Waals surface area contributed by atoms with Gasteiger partial charge in [0.05, 0.1) is 11.5 Å². The van der Waals surface area contributed by atoms with Crippen molar-refractivity contribution >= 4 is 27.6 Å². The van der Waals surface area contributed by atoms with E-state index in [1.54, 1.807) is 6.92 Å². The van der Waals surface area contributed by atoms with E-state index in [2.05, 4.69) is 0 Å². The number of esters is 1. The summed E-state index contributed by atoms with van der Waals surface area (Å²) in [4.78, 5) is 12.1. The number of nitrogens with zero attached hydrogens (tertiary/aromatic N) is 1. The smallest absolute Gasteiger partial charge is 0.324 e. The lowest BCUT2D eigenvalue weighted by Crippen LogP contribution is -2.48. The number of ether oxygens (including phenoxy) is 1. The van der Waals surface area contributed by atoms with Gasteiger partial charge < -0.3 is 4.74 Å². The van der Waals surface area contributed by atoms with E-state index in [1.165, 1.54) is 28.6 Å². The molecule has 1 aromatic rings. The van der Waals surface area contributed by atoms with E-state index >= 15 is 0 Å². The van der Waals surface area contributed by atoms with Crippen molar-refractivity contribution in [1.82, 2.24) is 4.31 Å². The molecule has 0 radical (unpaired) electrons. The molecule has 1 aromatic carbocycles. The quantitative estimate of drug-likeness (QED) is 0.795. The largest absolute Gasteiger partial charge is 0.465 e. The van der Waals surface area contributed by atoms with E-state index in [0.717, 1.165) is 12.8 Å². The zero-order chi connectivity index (χ0) is 15.5. The molecule has 116 valence electrons. The molecule has 0 aromatic heterocycles. The Balaban J connectivity index is 2.31. The van der Waals surface area contributed by atoms with Gasteiger partial charge in [-0.15, -0.1) is 0 Å². The number of benzene rings is 1. The number of sulfonamides is 1. The third-order valence-electron chi connectivity index (χ3n) is 3.43. The highest BCUT2D eigenvalue weighted by Gasteiger charge is 2.38. The van der Waals surface area contributed by atoms with Crippen molar-refractivity contribution in [3.8, 4) is 0 Å². The Labute approximate surface area is 129 Å². The Morgan fingerprint density at radius 2 is 2.00 bits per heavy atom. The molecule has 0 bridgehead atoms. The molecule has 0 saturated carbocycles. The summed E-state index contributed by atoms with van der Waals surface area (Å²) in [7, 11) is -3.72. The van der Waals surface area contributed by atoms with Gasteiger partial charge in [-0.05, 0) is 50.5 Å². The predicted octanol–water partition coefficient (Wildman–Crippen LogP) is 2.45. The van der Waals surface area contributed by atoms with Crippen LogP contribution in [0.25, 0.3) is 0 Å². The zero-order valence-electron chi connectivity index (χ0n) is 11.8. The highest BCUT2D eigenvalue weighted by atomic mass is 35.5. The Morgan fingerprint density at radius 3 is 2.62 bits per heavy atom. The molecule has 1 heterocycles. The monoisotopic (exact) mass is 331 g/mol. The molecule has 0 amide bonds. The standard InChI is InChI=1S/C14H18ClNO4S/c1-2-20-14(17)13-5-3-4-10-16(13)21(18,19)12-8-6-11(15)7-9-12/h6-9,13H,2-5,10H2,1H3. The van der Waals surface area contributed by atoms with Crippen LogP contribution < -0.4 is 0 Å². The maximum atomic E-state index is 12.7. The van der Waals surface area contributed by atoms with Crippen LogP contribution in [0.2, 0.25) is 5.02 Å². The lowest BCUT2D eigenvalue weighted by Gasteiger charge is -2.32. The van der Waals surface area contributed by atoms with Crippen LogP contribution in [0.15, 0.2) is 29.2 Å². The second-order valence-electron chi connectivity index (χ2n) is 4.83. The fourth-order valence-electron chi connectivity index (χ4n) is 2.41. The lowest BCUT2D eigenvalue weighted by molar-refractivity contribution is -0.148. The van der Waals surface area contributed by atoms with Crippen molar-refractivity contribution in [2.75, 3.05) is 13.2 Å². The molecular formula is C14H18ClNO4S. The van der Waals surface area contributed by atoms with Gasteiger partial charge >= 0.3 is 5.97 Å². The molecule has 0 aliphatic carbocycles. The summed E-state index contributed by atoms with van der Waals surface area (Å²) in [5, 5.41) is 0.467. The van der Waals surface area contributed by atoms with E-state index < -0.39 is 22.0 Å². The molecule has 1 unspecified atom stereocenters. The van der Waals surface area contributed by atoms with E-state index in [9.17, 15) is 13.2 Å². The Bertz CT molecular complexity index is 600. The molecule has 7 heteroatoms. The number of carbonyl (C=O) groups is 1. The van der Waals surface area contributed by atoms with Gasteiger partial charge in [-0.2, -0.15) is 4.31 Å². The van der Waals surface area contributed by atoms with Crippen LogP contribution >= 0.6 is 11.6 Å². The summed E-state index contributed by atoms with van der Waals surface area (Å²) in [5.41, 5.74) is 0. The topological polar surface area (TPSA) is 63.7 Å². The van der Waals surface area contributed by atoms with Crippen LogP contribution in [0.4, 0.5) is 0 Å². The van der Waals surface area contributed by atoms with Crippen LogP contribution in [0, 0.1) is 0 Å². The summed E-state index contributed by atoms with van der Waals surface area (Å²) in [5.74, 6) is -0.477. The van der Waals surface area contributed by atoms with Crippen molar-refractivity contribution < 1.29 is 17.9 Å². The molecule has 1 fully saturated rings. The summed E-state index contributed by atoms with van der Waals surface area (Å²) in [6, 6.07) is 5.22. The third-order valence-corrected chi connectivity index (χ3v) is 5.61. The number of halogens is 1. The first kappa shape index (κ1) is 16.3. The first-order valence-corrected chi connectivity index (χ1v) is 8.72. The maximum absolute atomic E-state index is 12.7. The lowest BCUT2D eigenvalue weighted by atomic mass is 10.1. The van der Waals surface area contributed by atoms with Gasteiger partial charge in [0.15, 0.2) is 0 Å². The molecule has 1 aliphatic heterocycles. The minimum Gasteiger partial charge on any atom is -0.465 e. The maximum Gasteiger partial charge on any atom is 0.324 e. The first-order valence-electron chi connectivity index (χ1n) is 6.91. The number of hydrogen-bond donors (Lipinski definition) is 0. The number of carbonyl (C=O) groups excluding carboxylic acids is 1. The van der Waals surface area contributed by atoms with Crippen LogP contribution in [0.5, 0.6) is 0 Å². The average Bonchev–Trinajstić information content (AvgIpc) is 2.48. The van der Waals surface area contributed by atoms with Gasteiger partial charge in [0.25, 0.3) is 0 Å². The highest BCUT2D eigenvalue weighted by molar-refractivity contribution is 7.89. The summed E-state index contributed by atoms with van der Waals surface area (Å²) < 4.78 is 31.6. The van der Waals surface area contributed by atoms with Crippen LogP contribution in [-0.2, 0) is 19.6 Å². The summed E-state index contributed by atoms with van der Waals surface area (Å²) in [6.45, 7) is 2.28. The van der Waals surface area contributed by atoms with Crippen LogP contribution in [-0.4, -0.2) is 37.9 Å². The Morgan fingerprint density at radius 1 is 1.33 bits per heavy atom. The number of piperidine rings is 1. The summed E-state index contributed by atoms with van der Waals surface area (Å²) in [6.07, 6.45) is 2.05. The Kier molecular flexibility index (Phi) is 5.24. The highest BCUT2D eigenvalue weighted by Crippen LogP contribution is 2.26. The van der Waals surface area contributed by atoms with E-state index in [4.69, 9.17) is 16.3 Å². The second-order valence-corrected chi connectivity index (χ2v) is 7.16. The number of hydrogen-bond acceptors (Lipinski definition) is 4. The minimum atomic E-state index is -3.72. The van der Waals surface area contributed by atoms with Crippen molar-refractivity contribution in [1.29, 1.82) is 0 Å². The normalized spacial score (nSPS) is 20.2. The van der Waals surface area contributed by atoms with Gasteiger partial charge in [-0.3, -0.25) is 4.79 Å². The molecule has 0 N–H and O–H groups in total. The van der Waals surface area contributed by atoms with Crippen molar-refractivity contribution in [2.24, 2.45) is 0 Å². The van der Waals surface area contributed by atoms with Crippen LogP contribution in [0.1, 0.15) is 26.2 Å². The molecule has 0 spiro atoms. The van der Waals surface area contributed by atoms with E-state index in [1.807, 2.05) is 0 Å². The van der Waals surface area contributed by atoms with Crippen molar-refractivity contribution in [3.63, 3.8) is 0 Å². The van der Waals surface area contributed by atoms with E-state index in [-0.39, 0.29) is 11.5 Å². The zero-order valence-corrected chi connectivity index (χ0v) is 13.4. The second kappa shape index (κ2) is 6.77. The van der Waals surface area contributed by atoms with Crippen LogP contribution in [0.3, 0.4) is 0 Å². The van der Waals surface area contributed by atoms with Crippen molar-refractivity contribution in [2.45, 2.75) is 37.1 Å². The molecule has 5 nitrogen and oxygen atoms in total. The fourth-order valence-corrected chi connectivity index (χ4v) is 4.18. The number of rotatable bonds is 4. The molecule has 1 saturated heterocycles. The van der Waals surface area contributed by atoms with Gasteiger partial charge in [0, 0.05) is 11.6 Å². The van der Waals surface area contributed by atoms with Gasteiger partial charge in [-0.25, -0.2) is 8.42 Å². The minimum absolute atomic E-state index is 0.142. The molecule has 2 rings (SSSR count). The van der Waals surface area contributed by atoms with E-state index in [0.29, 0.717) is 18.0 Å². The molecule has 1 aliphatic rings. The first-order chi connectivity index (χ1) is 9.96. The molecule has 21 heavy (non-hydrogen) atoms. The van der Waals surface area contributed by atoms with Gasteiger partial charge in [0.1, 0.15) is 6.04 Å². The van der Waals surface area contributed by atoms with Gasteiger partial charge in [-0.1, -0.05) is 11.6 Å². The van der Waals surface area contributed by atoms with Gasteiger partial charge in [0.2, 0.25) is 10.0 Å². The average molecular weight is 332 g/mol.